The number of aromatic nitrogens is 1. The summed E-state index contributed by atoms with van der Waals surface area (Å²) in [6.07, 6.45) is 0. The fourth-order valence-electron chi connectivity index (χ4n) is 1.36. The predicted octanol–water partition coefficient (Wildman–Crippen LogP) is 1.95. The first-order valence-electron chi connectivity index (χ1n) is 5.00. The quantitative estimate of drug-likeness (QED) is 0.777. The zero-order valence-corrected chi connectivity index (χ0v) is 10.0. The molecule has 0 spiro atoms. The summed E-state index contributed by atoms with van der Waals surface area (Å²) in [5.74, 6) is 5.37. The van der Waals surface area contributed by atoms with Crippen molar-refractivity contribution in [2.24, 2.45) is 5.73 Å². The van der Waals surface area contributed by atoms with E-state index in [1.165, 1.54) is 0 Å². The SMILES string of the molecule is Cc1nc(C#Cc2ccccc2C(N)=O)cs1. The van der Waals surface area contributed by atoms with E-state index in [9.17, 15) is 4.79 Å². The van der Waals surface area contributed by atoms with E-state index >= 15 is 0 Å². The molecule has 1 aromatic heterocycles. The minimum Gasteiger partial charge on any atom is -0.366 e. The van der Waals surface area contributed by atoms with Crippen LogP contribution in [0.5, 0.6) is 0 Å². The van der Waals surface area contributed by atoms with E-state index in [1.54, 1.807) is 29.5 Å². The Morgan fingerprint density at radius 3 is 2.76 bits per heavy atom. The molecule has 2 N–H and O–H groups in total. The lowest BCUT2D eigenvalue weighted by Crippen LogP contribution is -2.12. The van der Waals surface area contributed by atoms with Crippen LogP contribution in [0, 0.1) is 18.8 Å². The van der Waals surface area contributed by atoms with Crippen LogP contribution in [-0.2, 0) is 0 Å². The normalized spacial score (nSPS) is 9.47. The molecule has 0 radical (unpaired) electrons. The van der Waals surface area contributed by atoms with Gasteiger partial charge in [-0.15, -0.1) is 11.3 Å². The van der Waals surface area contributed by atoms with Gasteiger partial charge in [-0.1, -0.05) is 18.1 Å². The van der Waals surface area contributed by atoms with Gasteiger partial charge in [-0.3, -0.25) is 4.79 Å². The summed E-state index contributed by atoms with van der Waals surface area (Å²) < 4.78 is 0. The van der Waals surface area contributed by atoms with Gasteiger partial charge in [0.15, 0.2) is 0 Å². The predicted molar refractivity (Wildman–Crippen MR) is 67.8 cm³/mol. The van der Waals surface area contributed by atoms with Gasteiger partial charge in [0, 0.05) is 10.9 Å². The van der Waals surface area contributed by atoms with Crippen molar-refractivity contribution in [3.05, 3.63) is 51.5 Å². The topological polar surface area (TPSA) is 56.0 Å². The summed E-state index contributed by atoms with van der Waals surface area (Å²) in [5.41, 5.74) is 7.05. The van der Waals surface area contributed by atoms with Crippen LogP contribution in [0.2, 0.25) is 0 Å². The lowest BCUT2D eigenvalue weighted by Gasteiger charge is -1.97. The van der Waals surface area contributed by atoms with Crippen molar-refractivity contribution in [1.82, 2.24) is 4.98 Å². The molecule has 1 amide bonds. The molecular weight excluding hydrogens is 232 g/mol. The van der Waals surface area contributed by atoms with Crippen molar-refractivity contribution in [1.29, 1.82) is 0 Å². The van der Waals surface area contributed by atoms with Crippen molar-refractivity contribution >= 4 is 17.2 Å². The maximum atomic E-state index is 11.2. The van der Waals surface area contributed by atoms with Crippen molar-refractivity contribution in [3.8, 4) is 11.8 Å². The molecule has 0 atom stereocenters. The van der Waals surface area contributed by atoms with Crippen LogP contribution in [0.3, 0.4) is 0 Å². The van der Waals surface area contributed by atoms with Gasteiger partial charge in [-0.05, 0) is 25.0 Å². The van der Waals surface area contributed by atoms with Crippen LogP contribution < -0.4 is 5.73 Å². The summed E-state index contributed by atoms with van der Waals surface area (Å²) in [6.45, 7) is 1.92. The van der Waals surface area contributed by atoms with Gasteiger partial charge in [0.2, 0.25) is 5.91 Å². The fraction of sp³-hybridized carbons (Fsp3) is 0.0769. The Hall–Kier alpha value is -2.12. The number of rotatable bonds is 1. The van der Waals surface area contributed by atoms with Crippen LogP contribution in [0.25, 0.3) is 0 Å². The maximum Gasteiger partial charge on any atom is 0.249 e. The van der Waals surface area contributed by atoms with Crippen molar-refractivity contribution in [2.45, 2.75) is 6.92 Å². The van der Waals surface area contributed by atoms with Gasteiger partial charge in [0.25, 0.3) is 0 Å². The molecule has 0 unspecified atom stereocenters. The third-order valence-electron chi connectivity index (χ3n) is 2.14. The molecule has 0 aliphatic rings. The van der Waals surface area contributed by atoms with Crippen LogP contribution in [0.1, 0.15) is 26.6 Å². The Balaban J connectivity index is 2.37. The van der Waals surface area contributed by atoms with Gasteiger partial charge >= 0.3 is 0 Å². The van der Waals surface area contributed by atoms with Gasteiger partial charge < -0.3 is 5.73 Å². The molecule has 0 bridgehead atoms. The van der Waals surface area contributed by atoms with E-state index in [0.717, 1.165) is 5.01 Å². The third-order valence-corrected chi connectivity index (χ3v) is 2.91. The molecule has 0 aliphatic carbocycles. The number of carbonyl (C=O) groups excluding carboxylic acids is 1. The van der Waals surface area contributed by atoms with E-state index < -0.39 is 5.91 Å². The number of thiazole rings is 1. The second kappa shape index (κ2) is 4.81. The summed E-state index contributed by atoms with van der Waals surface area (Å²) in [6, 6.07) is 7.02. The average molecular weight is 242 g/mol. The van der Waals surface area contributed by atoms with Crippen molar-refractivity contribution < 1.29 is 4.79 Å². The number of benzene rings is 1. The first kappa shape index (κ1) is 11.4. The number of carbonyl (C=O) groups is 1. The summed E-state index contributed by atoms with van der Waals surface area (Å²) >= 11 is 1.54. The summed E-state index contributed by atoms with van der Waals surface area (Å²) in [7, 11) is 0. The number of aryl methyl sites for hydroxylation is 1. The van der Waals surface area contributed by atoms with E-state index in [-0.39, 0.29) is 0 Å². The Morgan fingerprint density at radius 1 is 1.35 bits per heavy atom. The van der Waals surface area contributed by atoms with E-state index in [4.69, 9.17) is 5.73 Å². The summed E-state index contributed by atoms with van der Waals surface area (Å²) in [5, 5.41) is 2.85. The van der Waals surface area contributed by atoms with E-state index in [0.29, 0.717) is 16.8 Å². The van der Waals surface area contributed by atoms with Crippen molar-refractivity contribution in [3.63, 3.8) is 0 Å². The van der Waals surface area contributed by atoms with Crippen LogP contribution in [0.15, 0.2) is 29.6 Å². The maximum absolute atomic E-state index is 11.2. The molecule has 2 aromatic rings. The lowest BCUT2D eigenvalue weighted by atomic mass is 10.1. The zero-order chi connectivity index (χ0) is 12.3. The molecule has 0 aliphatic heterocycles. The second-order valence-corrected chi connectivity index (χ2v) is 4.47. The first-order chi connectivity index (χ1) is 8.16. The van der Waals surface area contributed by atoms with Crippen LogP contribution in [-0.4, -0.2) is 10.9 Å². The molecular formula is C13H10N2OS. The lowest BCUT2D eigenvalue weighted by molar-refractivity contribution is 0.1000. The molecule has 2 rings (SSSR count). The molecule has 17 heavy (non-hydrogen) atoms. The Labute approximate surface area is 103 Å². The number of nitrogens with two attached hydrogens (primary N) is 1. The second-order valence-electron chi connectivity index (χ2n) is 3.41. The van der Waals surface area contributed by atoms with Crippen molar-refractivity contribution in [2.75, 3.05) is 0 Å². The molecule has 0 saturated heterocycles. The Bertz CT molecular complexity index is 620. The molecule has 0 saturated carbocycles. The largest absolute Gasteiger partial charge is 0.366 e. The zero-order valence-electron chi connectivity index (χ0n) is 9.23. The minimum atomic E-state index is -0.468. The van der Waals surface area contributed by atoms with Crippen LogP contribution in [0.4, 0.5) is 0 Å². The van der Waals surface area contributed by atoms with E-state index in [2.05, 4.69) is 16.8 Å². The number of nitrogens with zero attached hydrogens (tertiary/aromatic N) is 1. The molecule has 84 valence electrons. The molecule has 4 heteroatoms. The molecule has 1 aromatic carbocycles. The number of primary amides is 1. The highest BCUT2D eigenvalue weighted by molar-refractivity contribution is 7.09. The smallest absolute Gasteiger partial charge is 0.249 e. The average Bonchev–Trinajstić information content (AvgIpc) is 2.73. The standard InChI is InChI=1S/C13H10N2OS/c1-9-15-11(8-17-9)7-6-10-4-2-3-5-12(10)13(14)16/h2-5,8H,1H3,(H2,14,16). The van der Waals surface area contributed by atoms with E-state index in [1.807, 2.05) is 18.4 Å². The van der Waals surface area contributed by atoms with Gasteiger partial charge in [0.05, 0.1) is 10.6 Å². The highest BCUT2D eigenvalue weighted by atomic mass is 32.1. The third kappa shape index (κ3) is 2.71. The number of hydrogen-bond donors (Lipinski definition) is 1. The van der Waals surface area contributed by atoms with Gasteiger partial charge in [0.1, 0.15) is 5.69 Å². The summed E-state index contributed by atoms with van der Waals surface area (Å²) in [4.78, 5) is 15.4. The first-order valence-corrected chi connectivity index (χ1v) is 5.88. The highest BCUT2D eigenvalue weighted by Gasteiger charge is 2.04. The molecule has 3 nitrogen and oxygen atoms in total. The Kier molecular flexibility index (Phi) is 3.22. The minimum absolute atomic E-state index is 0.437. The molecule has 0 fully saturated rings. The Morgan fingerprint density at radius 2 is 2.12 bits per heavy atom. The monoisotopic (exact) mass is 242 g/mol. The fourth-order valence-corrected chi connectivity index (χ4v) is 1.90. The molecule has 1 heterocycles. The van der Waals surface area contributed by atoms with Crippen LogP contribution >= 0.6 is 11.3 Å². The highest BCUT2D eigenvalue weighted by Crippen LogP contribution is 2.09. The van der Waals surface area contributed by atoms with Gasteiger partial charge in [-0.25, -0.2) is 4.98 Å². The number of amides is 1. The van der Waals surface area contributed by atoms with Gasteiger partial charge in [-0.2, -0.15) is 0 Å². The number of hydrogen-bond acceptors (Lipinski definition) is 3.